The van der Waals surface area contributed by atoms with Crippen LogP contribution in [0.25, 0.3) is 0 Å². The van der Waals surface area contributed by atoms with E-state index < -0.39 is 12.5 Å². The maximum atomic E-state index is 12.2. The van der Waals surface area contributed by atoms with E-state index in [1.165, 1.54) is 0 Å². The van der Waals surface area contributed by atoms with Crippen LogP contribution in [0.3, 0.4) is 0 Å². The molecule has 1 aliphatic heterocycles. The second kappa shape index (κ2) is 9.02. The largest absolute Gasteiger partial charge is 0.522 e. The summed E-state index contributed by atoms with van der Waals surface area (Å²) in [6.07, 6.45) is -3.26. The average molecular weight is 367 g/mol. The summed E-state index contributed by atoms with van der Waals surface area (Å²) in [5, 5.41) is 15.4. The molecule has 10 heteroatoms. The summed E-state index contributed by atoms with van der Waals surface area (Å²) < 4.78 is 40.7. The number of carbonyl (C=O) groups excluding carboxylic acids is 1. The van der Waals surface area contributed by atoms with Gasteiger partial charge < -0.3 is 16.0 Å². The minimum Gasteiger partial charge on any atom is -0.335 e. The van der Waals surface area contributed by atoms with Crippen LogP contribution in [0.2, 0.25) is 0 Å². The first kappa shape index (κ1) is 20.2. The second-order valence-corrected chi connectivity index (χ2v) is 6.67. The van der Waals surface area contributed by atoms with Crippen molar-refractivity contribution in [3.05, 3.63) is 0 Å². The lowest BCUT2D eigenvalue weighted by molar-refractivity contribution is -0.345. The number of carbonyl (C=O) groups is 1. The molecule has 0 radical (unpaired) electrons. The highest BCUT2D eigenvalue weighted by molar-refractivity contribution is 5.74. The fourth-order valence-corrected chi connectivity index (χ4v) is 3.37. The van der Waals surface area contributed by atoms with Crippen molar-refractivity contribution in [2.75, 3.05) is 6.54 Å². The Morgan fingerprint density at radius 2 is 1.84 bits per heavy atom. The first-order valence-corrected chi connectivity index (χ1v) is 8.82. The molecule has 7 nitrogen and oxygen atoms in total. The Balaban J connectivity index is 1.70. The van der Waals surface area contributed by atoms with Gasteiger partial charge in [0.1, 0.15) is 6.29 Å². The van der Waals surface area contributed by atoms with Crippen molar-refractivity contribution >= 4 is 6.03 Å². The molecule has 0 aromatic carbocycles. The zero-order valence-electron chi connectivity index (χ0n) is 14.6. The minimum atomic E-state index is -4.60. The normalized spacial score (nSPS) is 33.7. The van der Waals surface area contributed by atoms with Gasteiger partial charge in [-0.15, -0.1) is 13.2 Å². The molecule has 2 amide bonds. The lowest BCUT2D eigenvalue weighted by atomic mass is 9.93. The number of urea groups is 1. The smallest absolute Gasteiger partial charge is 0.335 e. The van der Waals surface area contributed by atoms with Crippen molar-refractivity contribution in [3.8, 4) is 0 Å². The van der Waals surface area contributed by atoms with E-state index in [-0.39, 0.29) is 43.4 Å². The Morgan fingerprint density at radius 3 is 2.44 bits per heavy atom. The lowest BCUT2D eigenvalue weighted by Crippen LogP contribution is -2.68. The quantitative estimate of drug-likeness (QED) is 0.506. The zero-order valence-corrected chi connectivity index (χ0v) is 14.6. The number of amides is 2. The Kier molecular flexibility index (Phi) is 7.29. The van der Waals surface area contributed by atoms with E-state index in [0.717, 1.165) is 13.0 Å². The van der Waals surface area contributed by atoms with Gasteiger partial charge in [0, 0.05) is 12.1 Å². The van der Waals surface area contributed by atoms with E-state index in [2.05, 4.69) is 31.3 Å². The van der Waals surface area contributed by atoms with Crippen molar-refractivity contribution < 1.29 is 22.7 Å². The fourth-order valence-electron chi connectivity index (χ4n) is 3.37. The molecular formula is C15H28F3N5O2. The summed E-state index contributed by atoms with van der Waals surface area (Å²) in [5.41, 5.74) is 0. The maximum absolute atomic E-state index is 12.2. The van der Waals surface area contributed by atoms with Gasteiger partial charge in [-0.25, -0.2) is 4.79 Å². The zero-order chi connectivity index (χ0) is 18.4. The molecule has 146 valence electrons. The molecule has 2 fully saturated rings. The van der Waals surface area contributed by atoms with Gasteiger partial charge >= 0.3 is 12.4 Å². The van der Waals surface area contributed by atoms with Crippen LogP contribution in [0.5, 0.6) is 0 Å². The van der Waals surface area contributed by atoms with E-state index in [1.54, 1.807) is 0 Å². The van der Waals surface area contributed by atoms with Crippen LogP contribution >= 0.6 is 0 Å². The topological polar surface area (TPSA) is 86.5 Å². The summed E-state index contributed by atoms with van der Waals surface area (Å²) in [6.45, 7) is 4.88. The second-order valence-electron chi connectivity index (χ2n) is 6.67. The Labute approximate surface area is 145 Å². The molecule has 25 heavy (non-hydrogen) atoms. The molecule has 1 heterocycles. The molecule has 1 saturated carbocycles. The summed E-state index contributed by atoms with van der Waals surface area (Å²) >= 11 is 0. The SMILES string of the molecule is CCNC1CC(C)NC(NC(=O)NC2CCC(OC(F)(F)F)CC2)N1. The molecule has 0 bridgehead atoms. The molecular weight excluding hydrogens is 339 g/mol. The van der Waals surface area contributed by atoms with Crippen LogP contribution in [0.1, 0.15) is 46.0 Å². The molecule has 2 rings (SSSR count). The lowest BCUT2D eigenvalue weighted by Gasteiger charge is -2.37. The molecule has 0 spiro atoms. The summed E-state index contributed by atoms with van der Waals surface area (Å²) in [6, 6.07) is -0.237. The van der Waals surface area contributed by atoms with Gasteiger partial charge in [0.25, 0.3) is 0 Å². The average Bonchev–Trinajstić information content (AvgIpc) is 2.47. The van der Waals surface area contributed by atoms with Crippen LogP contribution in [0, 0.1) is 0 Å². The summed E-state index contributed by atoms with van der Waals surface area (Å²) in [4.78, 5) is 12.1. The van der Waals surface area contributed by atoms with E-state index in [0.29, 0.717) is 12.8 Å². The molecule has 3 atom stereocenters. The third-order valence-electron chi connectivity index (χ3n) is 4.44. The van der Waals surface area contributed by atoms with E-state index in [1.807, 2.05) is 13.8 Å². The van der Waals surface area contributed by atoms with Gasteiger partial charge in [-0.1, -0.05) is 6.92 Å². The monoisotopic (exact) mass is 367 g/mol. The Hall–Kier alpha value is -1.10. The van der Waals surface area contributed by atoms with E-state index in [4.69, 9.17) is 0 Å². The highest BCUT2D eigenvalue weighted by Gasteiger charge is 2.35. The predicted octanol–water partition coefficient (Wildman–Crippen LogP) is 1.32. The molecule has 0 aromatic heterocycles. The number of halogens is 3. The fraction of sp³-hybridized carbons (Fsp3) is 0.933. The van der Waals surface area contributed by atoms with Gasteiger partial charge in [0.15, 0.2) is 0 Å². The number of nitrogens with one attached hydrogen (secondary N) is 5. The number of hydrogen-bond donors (Lipinski definition) is 5. The van der Waals surface area contributed by atoms with E-state index in [9.17, 15) is 18.0 Å². The molecule has 5 N–H and O–H groups in total. The van der Waals surface area contributed by atoms with Crippen molar-refractivity contribution in [1.82, 2.24) is 26.6 Å². The highest BCUT2D eigenvalue weighted by atomic mass is 19.4. The van der Waals surface area contributed by atoms with E-state index >= 15 is 0 Å². The van der Waals surface area contributed by atoms with Crippen LogP contribution < -0.4 is 26.6 Å². The molecule has 0 aromatic rings. The third kappa shape index (κ3) is 7.35. The van der Waals surface area contributed by atoms with Gasteiger partial charge in [0.2, 0.25) is 0 Å². The van der Waals surface area contributed by atoms with Crippen molar-refractivity contribution in [2.24, 2.45) is 0 Å². The third-order valence-corrected chi connectivity index (χ3v) is 4.44. The number of rotatable bonds is 5. The van der Waals surface area contributed by atoms with Gasteiger partial charge in [-0.2, -0.15) is 0 Å². The maximum Gasteiger partial charge on any atom is 0.522 e. The molecule has 1 saturated heterocycles. The van der Waals surface area contributed by atoms with Crippen LogP contribution in [0.4, 0.5) is 18.0 Å². The Morgan fingerprint density at radius 1 is 1.16 bits per heavy atom. The minimum absolute atomic E-state index is 0.113. The van der Waals surface area contributed by atoms with Crippen molar-refractivity contribution in [2.45, 2.75) is 83.0 Å². The van der Waals surface area contributed by atoms with Crippen LogP contribution in [-0.4, -0.2) is 49.6 Å². The summed E-state index contributed by atoms with van der Waals surface area (Å²) in [5.74, 6) is 0. The number of ether oxygens (including phenoxy) is 1. The van der Waals surface area contributed by atoms with Crippen LogP contribution in [-0.2, 0) is 4.74 Å². The molecule has 3 unspecified atom stereocenters. The molecule has 1 aliphatic carbocycles. The number of hydrogen-bond acceptors (Lipinski definition) is 5. The van der Waals surface area contributed by atoms with Crippen molar-refractivity contribution in [1.29, 1.82) is 0 Å². The first-order valence-electron chi connectivity index (χ1n) is 8.82. The van der Waals surface area contributed by atoms with Crippen LogP contribution in [0.15, 0.2) is 0 Å². The van der Waals surface area contributed by atoms with Crippen molar-refractivity contribution in [3.63, 3.8) is 0 Å². The van der Waals surface area contributed by atoms with Gasteiger partial charge in [-0.05, 0) is 45.6 Å². The molecule has 2 aliphatic rings. The van der Waals surface area contributed by atoms with Gasteiger partial charge in [0.05, 0.1) is 12.3 Å². The summed E-state index contributed by atoms with van der Waals surface area (Å²) in [7, 11) is 0. The highest BCUT2D eigenvalue weighted by Crippen LogP contribution is 2.27. The predicted molar refractivity (Wildman–Crippen MR) is 86.5 cm³/mol. The Bertz CT molecular complexity index is 430. The number of alkyl halides is 3. The van der Waals surface area contributed by atoms with Gasteiger partial charge in [-0.3, -0.25) is 15.4 Å². The first-order chi connectivity index (χ1) is 11.7. The standard InChI is InChI=1S/C15H28F3N5O2/c1-3-19-12-8-9(2)20-13(22-12)23-14(24)21-10-4-6-11(7-5-10)25-15(16,17)18/h9-13,19-20,22H,3-8H2,1-2H3,(H2,21,23,24).